The van der Waals surface area contributed by atoms with Crippen molar-refractivity contribution < 1.29 is 0 Å². The molecule has 0 bridgehead atoms. The molecule has 1 N–H and O–H groups in total. The molecule has 82 valence electrons. The Morgan fingerprint density at radius 1 is 1.60 bits per heavy atom. The van der Waals surface area contributed by atoms with Gasteiger partial charge in [-0.05, 0) is 19.3 Å². The van der Waals surface area contributed by atoms with E-state index in [1.807, 2.05) is 0 Å². The Balaban J connectivity index is 2.09. The lowest BCUT2D eigenvalue weighted by Gasteiger charge is -2.07. The summed E-state index contributed by atoms with van der Waals surface area (Å²) in [5, 5.41) is 3.09. The van der Waals surface area contributed by atoms with E-state index in [2.05, 4.69) is 17.2 Å². The number of aromatic nitrogens is 2. The van der Waals surface area contributed by atoms with Crippen LogP contribution in [0.4, 0.5) is 5.82 Å². The summed E-state index contributed by atoms with van der Waals surface area (Å²) in [4.78, 5) is 16.0. The maximum absolute atomic E-state index is 11.9. The molecule has 1 aliphatic carbocycles. The normalized spacial score (nSPS) is 15.3. The van der Waals surface area contributed by atoms with Gasteiger partial charge in [-0.15, -0.1) is 0 Å². The van der Waals surface area contributed by atoms with E-state index in [4.69, 9.17) is 0 Å². The van der Waals surface area contributed by atoms with Gasteiger partial charge in [-0.1, -0.05) is 13.3 Å². The molecule has 1 aromatic rings. The summed E-state index contributed by atoms with van der Waals surface area (Å²) in [5.41, 5.74) is 0.0242. The van der Waals surface area contributed by atoms with Gasteiger partial charge >= 0.3 is 0 Å². The monoisotopic (exact) mass is 207 g/mol. The van der Waals surface area contributed by atoms with Crippen LogP contribution in [0.15, 0.2) is 17.2 Å². The van der Waals surface area contributed by atoms with Crippen LogP contribution >= 0.6 is 0 Å². The average molecular weight is 207 g/mol. The van der Waals surface area contributed by atoms with E-state index < -0.39 is 0 Å². The van der Waals surface area contributed by atoms with E-state index in [9.17, 15) is 4.79 Å². The molecule has 0 saturated heterocycles. The number of hydrogen-bond donors (Lipinski definition) is 1. The van der Waals surface area contributed by atoms with E-state index >= 15 is 0 Å². The van der Waals surface area contributed by atoms with Crippen molar-refractivity contribution in [3.05, 3.63) is 22.7 Å². The highest BCUT2D eigenvalue weighted by Crippen LogP contribution is 2.33. The predicted molar refractivity (Wildman–Crippen MR) is 60.2 cm³/mol. The highest BCUT2D eigenvalue weighted by molar-refractivity contribution is 5.30. The lowest BCUT2D eigenvalue weighted by Crippen LogP contribution is -2.23. The van der Waals surface area contributed by atoms with Crippen LogP contribution in [0.2, 0.25) is 0 Å². The molecule has 0 unspecified atom stereocenters. The van der Waals surface area contributed by atoms with Crippen LogP contribution in [-0.2, 0) is 0 Å². The van der Waals surface area contributed by atoms with Crippen molar-refractivity contribution in [1.29, 1.82) is 0 Å². The molecule has 1 saturated carbocycles. The van der Waals surface area contributed by atoms with Gasteiger partial charge in [-0.3, -0.25) is 4.79 Å². The van der Waals surface area contributed by atoms with Crippen LogP contribution in [0.25, 0.3) is 0 Å². The smallest absolute Gasteiger partial charge is 0.293 e. The Morgan fingerprint density at radius 3 is 3.07 bits per heavy atom. The molecule has 0 atom stereocenters. The van der Waals surface area contributed by atoms with Gasteiger partial charge in [-0.25, -0.2) is 4.98 Å². The number of anilines is 1. The first-order chi connectivity index (χ1) is 7.33. The summed E-state index contributed by atoms with van der Waals surface area (Å²) in [6, 6.07) is 0.423. The first-order valence-electron chi connectivity index (χ1n) is 5.64. The third-order valence-corrected chi connectivity index (χ3v) is 2.63. The van der Waals surface area contributed by atoms with Crippen molar-refractivity contribution >= 4 is 5.82 Å². The zero-order valence-corrected chi connectivity index (χ0v) is 9.07. The summed E-state index contributed by atoms with van der Waals surface area (Å²) in [7, 11) is 0. The Kier molecular flexibility index (Phi) is 3.04. The number of rotatable bonds is 5. The molecule has 0 aliphatic heterocycles. The molecule has 0 spiro atoms. The number of nitrogens with one attached hydrogen (secondary N) is 1. The molecule has 1 fully saturated rings. The molecule has 15 heavy (non-hydrogen) atoms. The third kappa shape index (κ3) is 2.37. The standard InChI is InChI=1S/C11H17N3O/c1-2-3-6-12-10-11(15)14(8-7-13-10)9-4-5-9/h7-9H,2-6H2,1H3,(H,12,13). The van der Waals surface area contributed by atoms with Crippen molar-refractivity contribution in [1.82, 2.24) is 9.55 Å². The fraction of sp³-hybridized carbons (Fsp3) is 0.636. The molecule has 2 rings (SSSR count). The van der Waals surface area contributed by atoms with E-state index in [0.717, 1.165) is 32.2 Å². The second kappa shape index (κ2) is 4.47. The second-order valence-electron chi connectivity index (χ2n) is 4.00. The molecule has 1 heterocycles. The first-order valence-corrected chi connectivity index (χ1v) is 5.64. The molecular formula is C11H17N3O. The molecule has 4 nitrogen and oxygen atoms in total. The molecule has 0 amide bonds. The minimum absolute atomic E-state index is 0.0242. The van der Waals surface area contributed by atoms with Crippen molar-refractivity contribution in [2.45, 2.75) is 38.6 Å². The van der Waals surface area contributed by atoms with Crippen molar-refractivity contribution in [3.63, 3.8) is 0 Å². The molecule has 0 radical (unpaired) electrons. The Hall–Kier alpha value is -1.32. The molecule has 1 aromatic heterocycles. The van der Waals surface area contributed by atoms with Crippen LogP contribution in [0.1, 0.15) is 38.6 Å². The predicted octanol–water partition coefficient (Wildman–Crippen LogP) is 1.79. The number of nitrogens with zero attached hydrogens (tertiary/aromatic N) is 2. The van der Waals surface area contributed by atoms with Gasteiger partial charge < -0.3 is 9.88 Å². The van der Waals surface area contributed by atoms with Gasteiger partial charge in [-0.2, -0.15) is 0 Å². The first kappa shape index (κ1) is 10.2. The Bertz CT molecular complexity index is 382. The molecule has 4 heteroatoms. The van der Waals surface area contributed by atoms with Crippen LogP contribution in [0, 0.1) is 0 Å². The van der Waals surface area contributed by atoms with Gasteiger partial charge in [0.05, 0.1) is 0 Å². The van der Waals surface area contributed by atoms with Crippen molar-refractivity contribution in [2.75, 3.05) is 11.9 Å². The van der Waals surface area contributed by atoms with E-state index in [1.54, 1.807) is 17.0 Å². The maximum atomic E-state index is 11.9. The van der Waals surface area contributed by atoms with E-state index in [0.29, 0.717) is 11.9 Å². The van der Waals surface area contributed by atoms with Gasteiger partial charge in [0, 0.05) is 25.0 Å². The summed E-state index contributed by atoms with van der Waals surface area (Å²) in [5.74, 6) is 0.498. The minimum Gasteiger partial charge on any atom is -0.365 e. The van der Waals surface area contributed by atoms with Crippen LogP contribution < -0.4 is 10.9 Å². The topological polar surface area (TPSA) is 46.9 Å². The van der Waals surface area contributed by atoms with E-state index in [1.165, 1.54) is 0 Å². The van der Waals surface area contributed by atoms with Gasteiger partial charge in [0.2, 0.25) is 0 Å². The van der Waals surface area contributed by atoms with Crippen molar-refractivity contribution in [2.24, 2.45) is 0 Å². The SMILES string of the molecule is CCCCNc1nccn(C2CC2)c1=O. The number of hydrogen-bond acceptors (Lipinski definition) is 3. The maximum Gasteiger partial charge on any atom is 0.293 e. The molecular weight excluding hydrogens is 190 g/mol. The summed E-state index contributed by atoms with van der Waals surface area (Å²) < 4.78 is 1.79. The molecule has 1 aliphatic rings. The quantitative estimate of drug-likeness (QED) is 0.749. The fourth-order valence-corrected chi connectivity index (χ4v) is 1.57. The Labute approximate surface area is 89.3 Å². The Morgan fingerprint density at radius 2 is 2.40 bits per heavy atom. The van der Waals surface area contributed by atoms with Crippen LogP contribution in [0.5, 0.6) is 0 Å². The summed E-state index contributed by atoms with van der Waals surface area (Å²) in [6.07, 6.45) is 7.92. The minimum atomic E-state index is 0.0242. The van der Waals surface area contributed by atoms with Gasteiger partial charge in [0.1, 0.15) is 0 Å². The van der Waals surface area contributed by atoms with Crippen molar-refractivity contribution in [3.8, 4) is 0 Å². The van der Waals surface area contributed by atoms with E-state index in [-0.39, 0.29) is 5.56 Å². The zero-order valence-electron chi connectivity index (χ0n) is 9.07. The summed E-state index contributed by atoms with van der Waals surface area (Å²) in [6.45, 7) is 2.95. The number of unbranched alkanes of at least 4 members (excludes halogenated alkanes) is 1. The summed E-state index contributed by atoms with van der Waals surface area (Å²) >= 11 is 0. The third-order valence-electron chi connectivity index (χ3n) is 2.63. The lowest BCUT2D eigenvalue weighted by molar-refractivity contribution is 0.698. The highest BCUT2D eigenvalue weighted by Gasteiger charge is 2.25. The van der Waals surface area contributed by atoms with Crippen LogP contribution in [-0.4, -0.2) is 16.1 Å². The largest absolute Gasteiger partial charge is 0.365 e. The van der Waals surface area contributed by atoms with Gasteiger partial charge in [0.25, 0.3) is 5.56 Å². The average Bonchev–Trinajstić information content (AvgIpc) is 3.05. The zero-order chi connectivity index (χ0) is 10.7. The molecule has 0 aromatic carbocycles. The van der Waals surface area contributed by atoms with Gasteiger partial charge in [0.15, 0.2) is 5.82 Å². The highest BCUT2D eigenvalue weighted by atomic mass is 16.1. The van der Waals surface area contributed by atoms with Crippen LogP contribution in [0.3, 0.4) is 0 Å². The lowest BCUT2D eigenvalue weighted by atomic mass is 10.3. The second-order valence-corrected chi connectivity index (χ2v) is 4.00. The fourth-order valence-electron chi connectivity index (χ4n) is 1.57.